The molecule has 0 radical (unpaired) electrons. The van der Waals surface area contributed by atoms with Crippen LogP contribution >= 0.6 is 11.3 Å². The largest absolute Gasteiger partial charge is 1.00 e. The minimum atomic E-state index is -1.43. The molecule has 6 aliphatic heterocycles. The van der Waals surface area contributed by atoms with Crippen LogP contribution in [0.5, 0.6) is 0 Å². The van der Waals surface area contributed by atoms with E-state index in [1.165, 1.54) is 33.3 Å². The van der Waals surface area contributed by atoms with E-state index < -0.39 is 59.1 Å². The topological polar surface area (TPSA) is 228 Å². The van der Waals surface area contributed by atoms with E-state index in [0.717, 1.165) is 109 Å². The van der Waals surface area contributed by atoms with Crippen molar-refractivity contribution in [1.29, 1.82) is 0 Å². The van der Waals surface area contributed by atoms with Crippen molar-refractivity contribution in [1.82, 2.24) is 43.7 Å². The van der Waals surface area contributed by atoms with Crippen LogP contribution in [-0.4, -0.2) is 116 Å². The van der Waals surface area contributed by atoms with Crippen molar-refractivity contribution in [3.05, 3.63) is 165 Å². The summed E-state index contributed by atoms with van der Waals surface area (Å²) in [5.41, 5.74) is 7.84. The van der Waals surface area contributed by atoms with Crippen LogP contribution in [0.25, 0.3) is 22.3 Å². The number of amides is 5. The molecule has 452 valence electrons. The average Bonchev–Trinajstić information content (AvgIpc) is 4.00. The molecular weight excluding hydrogens is 1140 g/mol. The SMILES string of the molecule is CC(C)(C)OC(=O)N1CCC(Cc2ccc(-c3cc(F)c4c(c3)C(=O)N(C(C(=O)[O-])c3ncn5c3CCC5)C4)cc2)CC1.O=C(Nc1nccs1)C(c1ncn2c1CCC2)N1Cc2c(F)cc(-c3ccc(CC4CCN(C(=O)O)CC4)cc3)cc2C1=O.[Li+]. The number of hydrogen-bond acceptors (Lipinski definition) is 12. The molecule has 0 spiro atoms. The number of thiazole rings is 1. The van der Waals surface area contributed by atoms with Crippen molar-refractivity contribution in [2.45, 2.75) is 129 Å². The Labute approximate surface area is 523 Å². The van der Waals surface area contributed by atoms with Crippen molar-refractivity contribution in [2.75, 3.05) is 31.5 Å². The van der Waals surface area contributed by atoms with Crippen LogP contribution in [0.3, 0.4) is 0 Å². The molecule has 2 atom stereocenters. The van der Waals surface area contributed by atoms with Gasteiger partial charge in [-0.25, -0.2) is 33.3 Å². The molecule has 0 aliphatic carbocycles. The number of carbonyl (C=O) groups is 6. The zero-order valence-electron chi connectivity index (χ0n) is 49.7. The third kappa shape index (κ3) is 12.7. The van der Waals surface area contributed by atoms with Crippen LogP contribution in [0.2, 0.25) is 0 Å². The predicted molar refractivity (Wildman–Crippen MR) is 316 cm³/mol. The second-order valence-corrected chi connectivity index (χ2v) is 25.4. The molecule has 3 aromatic heterocycles. The van der Waals surface area contributed by atoms with Crippen LogP contribution in [0.15, 0.2) is 97.0 Å². The van der Waals surface area contributed by atoms with Gasteiger partial charge in [0.25, 0.3) is 17.7 Å². The molecule has 2 fully saturated rings. The van der Waals surface area contributed by atoms with Crippen molar-refractivity contribution >= 4 is 52.3 Å². The fourth-order valence-corrected chi connectivity index (χ4v) is 13.7. The Balaban J connectivity index is 0.000000180. The summed E-state index contributed by atoms with van der Waals surface area (Å²) >= 11 is 1.28. The fraction of sp³-hybridized carbons (Fsp3) is 0.400. The summed E-state index contributed by atoms with van der Waals surface area (Å²) in [6.07, 6.45) is 12.2. The fourth-order valence-electron chi connectivity index (χ4n) is 13.2. The van der Waals surface area contributed by atoms with E-state index in [9.17, 15) is 39.0 Å². The smallest absolute Gasteiger partial charge is 0.547 e. The number of aliphatic carboxylic acids is 1. The van der Waals surface area contributed by atoms with Crippen molar-refractivity contribution in [2.24, 2.45) is 11.8 Å². The van der Waals surface area contributed by atoms with E-state index in [1.54, 1.807) is 41.3 Å². The normalized spacial score (nSPS) is 17.1. The number of anilines is 1. The number of nitrogens with one attached hydrogen (secondary N) is 1. The monoisotopic (exact) mass is 1210 g/mol. The van der Waals surface area contributed by atoms with Crippen molar-refractivity contribution in [3.63, 3.8) is 0 Å². The molecule has 5 amide bonds. The average molecular weight is 1210 g/mol. The maximum absolute atomic E-state index is 15.6. The van der Waals surface area contributed by atoms with Crippen LogP contribution < -0.4 is 29.3 Å². The van der Waals surface area contributed by atoms with Gasteiger partial charge in [-0.2, -0.15) is 0 Å². The molecule has 0 saturated carbocycles. The number of likely N-dealkylation sites (tertiary alicyclic amines) is 2. The summed E-state index contributed by atoms with van der Waals surface area (Å²) < 4.78 is 40.4. The number of fused-ring (bicyclic) bond motifs is 4. The number of carboxylic acid groups (broad SMARTS) is 2. The van der Waals surface area contributed by atoms with Gasteiger partial charge in [0.2, 0.25) is 0 Å². The standard InChI is InChI=1S/C33H37FN4O5.C32H31FN6O4S.Li/c1-33(2,3)43-32(42)36-13-10-21(11-14-36)15-20-6-8-22(9-7-20)23-16-24-25(26(34)17-23)18-38(30(24)39)29(31(40)41)28-27-5-4-12-37(27)19-35-28;33-25-16-22(21-5-3-19(4-6-21)14-20-7-11-37(12-8-20)32(42)43)15-23-24(25)17-39(30(23)41)28(29(40)36-31-34-9-13-44-31)27-26-2-1-10-38(26)18-35-27;/h6-9,16-17,19,21,29H,4-5,10-15,18H2,1-3H3,(H,40,41);3-6,9,13,15-16,18,20,28H,1-2,7-8,10-12,14,17H2,(H,42,43)(H,34,36,40);/q;;+1/p-1. The van der Waals surface area contributed by atoms with Gasteiger partial charge in [0, 0.05) is 84.5 Å². The molecule has 13 rings (SSSR count). The molecule has 0 bridgehead atoms. The van der Waals surface area contributed by atoms with Crippen LogP contribution in [0.4, 0.5) is 23.5 Å². The van der Waals surface area contributed by atoms with E-state index in [2.05, 4.69) is 20.3 Å². The third-order valence-electron chi connectivity index (χ3n) is 17.7. The summed E-state index contributed by atoms with van der Waals surface area (Å²) in [6.45, 7) is 9.39. The van der Waals surface area contributed by atoms with E-state index >= 15 is 8.78 Å². The van der Waals surface area contributed by atoms with Gasteiger partial charge < -0.3 is 48.5 Å². The van der Waals surface area contributed by atoms with Gasteiger partial charge in [-0.1, -0.05) is 48.5 Å². The molecule has 7 aromatic rings. The first-order valence-corrected chi connectivity index (χ1v) is 30.6. The number of ether oxygens (including phenoxy) is 1. The van der Waals surface area contributed by atoms with Gasteiger partial charge in [0.15, 0.2) is 11.2 Å². The van der Waals surface area contributed by atoms with Crippen LogP contribution in [0.1, 0.15) is 137 Å². The van der Waals surface area contributed by atoms with Gasteiger partial charge in [0.05, 0.1) is 43.1 Å². The summed E-state index contributed by atoms with van der Waals surface area (Å²) in [5, 5.41) is 26.4. The quantitative estimate of drug-likeness (QED) is 0.116. The van der Waals surface area contributed by atoms with Crippen molar-refractivity contribution < 1.29 is 71.4 Å². The van der Waals surface area contributed by atoms with Gasteiger partial charge in [-0.15, -0.1) is 11.3 Å². The number of aromatic nitrogens is 5. The van der Waals surface area contributed by atoms with Crippen molar-refractivity contribution in [3.8, 4) is 22.3 Å². The zero-order valence-corrected chi connectivity index (χ0v) is 50.5. The number of hydrogen-bond donors (Lipinski definition) is 2. The Kier molecular flexibility index (Phi) is 17.8. The minimum absolute atomic E-state index is 0. The molecule has 23 heteroatoms. The maximum Gasteiger partial charge on any atom is 1.00 e. The predicted octanol–water partition coefficient (Wildman–Crippen LogP) is 6.64. The Morgan fingerprint density at radius 3 is 1.58 bits per heavy atom. The molecular formula is C65H67F2LiN10O9S. The van der Waals surface area contributed by atoms with Gasteiger partial charge in [-0.3, -0.25) is 19.7 Å². The summed E-state index contributed by atoms with van der Waals surface area (Å²) in [4.78, 5) is 95.7. The maximum atomic E-state index is 15.6. The van der Waals surface area contributed by atoms with Gasteiger partial charge in [-0.05, 0) is 154 Å². The second-order valence-electron chi connectivity index (χ2n) is 24.5. The number of benzene rings is 4. The molecule has 19 nitrogen and oxygen atoms in total. The molecule has 2 saturated heterocycles. The Bertz CT molecular complexity index is 3800. The second kappa shape index (κ2) is 25.5. The summed E-state index contributed by atoms with van der Waals surface area (Å²) in [7, 11) is 0. The van der Waals surface area contributed by atoms with E-state index in [0.29, 0.717) is 72.1 Å². The number of nitrogens with zero attached hydrogens (tertiary/aromatic N) is 9. The third-order valence-corrected chi connectivity index (χ3v) is 18.4. The first-order chi connectivity index (χ1) is 41.8. The zero-order chi connectivity index (χ0) is 60.8. The van der Waals surface area contributed by atoms with Gasteiger partial charge in [0.1, 0.15) is 23.3 Å². The number of halogens is 2. The summed E-state index contributed by atoms with van der Waals surface area (Å²) in [5.74, 6) is -2.99. The molecule has 88 heavy (non-hydrogen) atoms. The summed E-state index contributed by atoms with van der Waals surface area (Å²) in [6, 6.07) is 19.5. The number of rotatable bonds is 13. The molecule has 2 unspecified atom stereocenters. The van der Waals surface area contributed by atoms with Gasteiger partial charge >= 0.3 is 31.0 Å². The minimum Gasteiger partial charge on any atom is -0.547 e. The Hall–Kier alpha value is -8.19. The molecule has 6 aliphatic rings. The Morgan fingerprint density at radius 2 is 1.14 bits per heavy atom. The first-order valence-electron chi connectivity index (χ1n) is 29.7. The number of piperidine rings is 2. The molecule has 4 aromatic carbocycles. The number of carbonyl (C=O) groups excluding carboxylic acids is 5. The van der Waals surface area contributed by atoms with E-state index in [1.807, 2.05) is 78.4 Å². The number of carboxylic acids is 1. The number of aryl methyl sites for hydroxylation is 2. The van der Waals surface area contributed by atoms with E-state index in [4.69, 9.17) is 4.74 Å². The van der Waals surface area contributed by atoms with Crippen LogP contribution in [0, 0.1) is 23.5 Å². The first kappa shape index (κ1) is 61.5. The molecule has 2 N–H and O–H groups in total. The molecule has 9 heterocycles. The van der Waals surface area contributed by atoms with Crippen LogP contribution in [-0.2, 0) is 66.2 Å². The number of imidazole rings is 2. The Morgan fingerprint density at radius 1 is 0.670 bits per heavy atom. The van der Waals surface area contributed by atoms with E-state index in [-0.39, 0.29) is 60.3 Å².